The van der Waals surface area contributed by atoms with E-state index in [1.165, 1.54) is 5.56 Å². The van der Waals surface area contributed by atoms with Gasteiger partial charge in [0.25, 0.3) is 0 Å². The van der Waals surface area contributed by atoms with Crippen molar-refractivity contribution in [1.29, 1.82) is 0 Å². The van der Waals surface area contributed by atoms with Crippen LogP contribution in [0.5, 0.6) is 5.75 Å². The number of hydrogen-bond acceptors (Lipinski definition) is 1. The van der Waals surface area contributed by atoms with Gasteiger partial charge in [-0.3, -0.25) is 0 Å². The van der Waals surface area contributed by atoms with Crippen molar-refractivity contribution in [2.24, 2.45) is 0 Å². The van der Waals surface area contributed by atoms with E-state index >= 15 is 0 Å². The lowest BCUT2D eigenvalue weighted by Crippen LogP contribution is -2.00. The molecular formula is C10H12I2O. The van der Waals surface area contributed by atoms with Crippen LogP contribution >= 0.6 is 45.2 Å². The molecule has 1 aromatic rings. The van der Waals surface area contributed by atoms with Gasteiger partial charge in [-0.15, -0.1) is 0 Å². The first-order chi connectivity index (χ1) is 6.38. The van der Waals surface area contributed by atoms with E-state index in [9.17, 15) is 0 Å². The van der Waals surface area contributed by atoms with Gasteiger partial charge in [0.15, 0.2) is 0 Å². The van der Waals surface area contributed by atoms with Crippen LogP contribution in [0, 0.1) is 0 Å². The van der Waals surface area contributed by atoms with E-state index < -0.39 is 0 Å². The normalized spacial score (nSPS) is 10.0. The zero-order valence-electron chi connectivity index (χ0n) is 7.30. The molecular weight excluding hydrogens is 390 g/mol. The minimum atomic E-state index is 0.804. The number of aryl methyl sites for hydroxylation is 1. The van der Waals surface area contributed by atoms with Crippen molar-refractivity contribution in [3.8, 4) is 5.75 Å². The second kappa shape index (κ2) is 6.86. The molecule has 0 fully saturated rings. The van der Waals surface area contributed by atoms with Crippen LogP contribution in [-0.4, -0.2) is 15.5 Å². The molecule has 1 nitrogen and oxygen atoms in total. The van der Waals surface area contributed by atoms with Crippen LogP contribution in [0.3, 0.4) is 0 Å². The SMILES string of the molecule is ICCOc1ccccc1CCI. The maximum absolute atomic E-state index is 5.63. The second-order valence-electron chi connectivity index (χ2n) is 2.58. The van der Waals surface area contributed by atoms with Gasteiger partial charge < -0.3 is 4.74 Å². The van der Waals surface area contributed by atoms with E-state index in [0.717, 1.165) is 27.6 Å². The summed E-state index contributed by atoms with van der Waals surface area (Å²) in [4.78, 5) is 0. The quantitative estimate of drug-likeness (QED) is 0.542. The van der Waals surface area contributed by atoms with Gasteiger partial charge in [0.1, 0.15) is 5.75 Å². The van der Waals surface area contributed by atoms with Crippen LogP contribution in [0.1, 0.15) is 5.56 Å². The summed E-state index contributed by atoms with van der Waals surface area (Å²) in [6.45, 7) is 0.804. The zero-order valence-corrected chi connectivity index (χ0v) is 11.6. The summed E-state index contributed by atoms with van der Waals surface area (Å²) in [6.07, 6.45) is 1.10. The highest BCUT2D eigenvalue weighted by Crippen LogP contribution is 2.19. The molecule has 0 radical (unpaired) electrons. The Balaban J connectivity index is 2.66. The van der Waals surface area contributed by atoms with Crippen molar-refractivity contribution < 1.29 is 4.74 Å². The number of ether oxygens (including phenoxy) is 1. The maximum Gasteiger partial charge on any atom is 0.122 e. The molecule has 0 N–H and O–H groups in total. The Morgan fingerprint density at radius 3 is 2.54 bits per heavy atom. The monoisotopic (exact) mass is 402 g/mol. The Morgan fingerprint density at radius 2 is 1.85 bits per heavy atom. The maximum atomic E-state index is 5.63. The fourth-order valence-corrected chi connectivity index (χ4v) is 1.90. The van der Waals surface area contributed by atoms with Crippen LogP contribution < -0.4 is 4.74 Å². The van der Waals surface area contributed by atoms with Crippen molar-refractivity contribution in [3.05, 3.63) is 29.8 Å². The van der Waals surface area contributed by atoms with Gasteiger partial charge in [0, 0.05) is 8.86 Å². The van der Waals surface area contributed by atoms with Gasteiger partial charge in [0.2, 0.25) is 0 Å². The Bertz CT molecular complexity index is 250. The van der Waals surface area contributed by atoms with Crippen LogP contribution in [-0.2, 0) is 6.42 Å². The predicted molar refractivity (Wildman–Crippen MR) is 73.4 cm³/mol. The molecule has 0 unspecified atom stereocenters. The van der Waals surface area contributed by atoms with Gasteiger partial charge in [0.05, 0.1) is 6.61 Å². The standard InChI is InChI=1S/C10H12I2O/c11-6-5-9-3-1-2-4-10(9)13-8-7-12/h1-4H,5-8H2. The summed E-state index contributed by atoms with van der Waals surface area (Å²) in [7, 11) is 0. The topological polar surface area (TPSA) is 9.23 Å². The highest BCUT2D eigenvalue weighted by molar-refractivity contribution is 14.1. The van der Waals surface area contributed by atoms with E-state index in [2.05, 4.69) is 57.3 Å². The molecule has 0 aliphatic carbocycles. The van der Waals surface area contributed by atoms with Crippen molar-refractivity contribution in [2.45, 2.75) is 6.42 Å². The van der Waals surface area contributed by atoms with Crippen molar-refractivity contribution in [3.63, 3.8) is 0 Å². The number of halogens is 2. The number of rotatable bonds is 5. The van der Waals surface area contributed by atoms with Crippen molar-refractivity contribution >= 4 is 45.2 Å². The molecule has 0 aliphatic heterocycles. The smallest absolute Gasteiger partial charge is 0.122 e. The average Bonchev–Trinajstić information content (AvgIpc) is 2.17. The van der Waals surface area contributed by atoms with E-state index in [0.29, 0.717) is 0 Å². The van der Waals surface area contributed by atoms with Crippen LogP contribution in [0.4, 0.5) is 0 Å². The molecule has 0 heterocycles. The fourth-order valence-electron chi connectivity index (χ4n) is 1.10. The molecule has 1 rings (SSSR count). The van der Waals surface area contributed by atoms with Gasteiger partial charge in [-0.2, -0.15) is 0 Å². The first-order valence-corrected chi connectivity index (χ1v) is 7.26. The molecule has 0 aromatic heterocycles. The third-order valence-electron chi connectivity index (χ3n) is 1.67. The lowest BCUT2D eigenvalue weighted by atomic mass is 10.1. The summed E-state index contributed by atoms with van der Waals surface area (Å²) in [5, 5.41) is 0. The summed E-state index contributed by atoms with van der Waals surface area (Å²) in [5.74, 6) is 1.05. The van der Waals surface area contributed by atoms with Gasteiger partial charge in [-0.05, 0) is 18.1 Å². The summed E-state index contributed by atoms with van der Waals surface area (Å²) in [5.41, 5.74) is 1.32. The number of hydrogen-bond donors (Lipinski definition) is 0. The molecule has 0 aliphatic rings. The first kappa shape index (κ1) is 11.6. The molecule has 72 valence electrons. The third kappa shape index (κ3) is 4.01. The minimum absolute atomic E-state index is 0.804. The molecule has 0 spiro atoms. The Kier molecular flexibility index (Phi) is 6.10. The molecule has 1 aromatic carbocycles. The highest BCUT2D eigenvalue weighted by Gasteiger charge is 2.00. The zero-order chi connectivity index (χ0) is 9.52. The average molecular weight is 402 g/mol. The summed E-state index contributed by atoms with van der Waals surface area (Å²) in [6, 6.07) is 8.28. The lowest BCUT2D eigenvalue weighted by molar-refractivity contribution is 0.343. The summed E-state index contributed by atoms with van der Waals surface area (Å²) < 4.78 is 7.81. The molecule has 13 heavy (non-hydrogen) atoms. The van der Waals surface area contributed by atoms with E-state index in [-0.39, 0.29) is 0 Å². The van der Waals surface area contributed by atoms with Crippen LogP contribution in [0.2, 0.25) is 0 Å². The van der Waals surface area contributed by atoms with Gasteiger partial charge >= 0.3 is 0 Å². The minimum Gasteiger partial charge on any atom is -0.493 e. The second-order valence-corrected chi connectivity index (χ2v) is 4.74. The lowest BCUT2D eigenvalue weighted by Gasteiger charge is -2.08. The van der Waals surface area contributed by atoms with E-state index in [1.54, 1.807) is 0 Å². The number of alkyl halides is 2. The Morgan fingerprint density at radius 1 is 1.08 bits per heavy atom. The molecule has 0 saturated carbocycles. The van der Waals surface area contributed by atoms with Crippen LogP contribution in [0.25, 0.3) is 0 Å². The molecule has 0 bridgehead atoms. The van der Waals surface area contributed by atoms with E-state index in [4.69, 9.17) is 4.74 Å². The highest BCUT2D eigenvalue weighted by atomic mass is 127. The van der Waals surface area contributed by atoms with E-state index in [1.807, 2.05) is 12.1 Å². The van der Waals surface area contributed by atoms with Crippen molar-refractivity contribution in [1.82, 2.24) is 0 Å². The fraction of sp³-hybridized carbons (Fsp3) is 0.400. The number of benzene rings is 1. The predicted octanol–water partition coefficient (Wildman–Crippen LogP) is 3.48. The molecule has 0 atom stereocenters. The Hall–Kier alpha value is 0.480. The molecule has 0 saturated heterocycles. The van der Waals surface area contributed by atoms with Crippen LogP contribution in [0.15, 0.2) is 24.3 Å². The Labute approximate surface area is 107 Å². The number of para-hydroxylation sites is 1. The first-order valence-electron chi connectivity index (χ1n) is 4.21. The van der Waals surface area contributed by atoms with Gasteiger partial charge in [-0.1, -0.05) is 63.4 Å². The van der Waals surface area contributed by atoms with Crippen molar-refractivity contribution in [2.75, 3.05) is 15.5 Å². The largest absolute Gasteiger partial charge is 0.493 e. The third-order valence-corrected chi connectivity index (χ3v) is 2.65. The molecule has 3 heteroatoms. The molecule has 0 amide bonds. The van der Waals surface area contributed by atoms with Gasteiger partial charge in [-0.25, -0.2) is 0 Å². The summed E-state index contributed by atoms with van der Waals surface area (Å²) >= 11 is 4.71.